The maximum absolute atomic E-state index is 12.0. The van der Waals surface area contributed by atoms with E-state index >= 15 is 0 Å². The Morgan fingerprint density at radius 2 is 2.00 bits per heavy atom. The lowest BCUT2D eigenvalue weighted by atomic mass is 10.1. The predicted octanol–water partition coefficient (Wildman–Crippen LogP) is 3.68. The molecule has 0 spiro atoms. The Hall–Kier alpha value is -3.15. The van der Waals surface area contributed by atoms with E-state index in [0.717, 1.165) is 22.4 Å². The van der Waals surface area contributed by atoms with Crippen molar-refractivity contribution in [3.63, 3.8) is 0 Å². The molecule has 2 heterocycles. The number of hydrogen-bond acceptors (Lipinski definition) is 4. The molecule has 3 rings (SSSR count). The van der Waals surface area contributed by atoms with Crippen molar-refractivity contribution >= 4 is 11.7 Å². The minimum atomic E-state index is -0.0365. The molecule has 6 nitrogen and oxygen atoms in total. The Balaban J connectivity index is 1.49. The van der Waals surface area contributed by atoms with Gasteiger partial charge in [0.25, 0.3) is 0 Å². The number of aromatic nitrogens is 3. The third-order valence-electron chi connectivity index (χ3n) is 4.03. The van der Waals surface area contributed by atoms with Crippen molar-refractivity contribution in [1.29, 1.82) is 0 Å². The summed E-state index contributed by atoms with van der Waals surface area (Å²) in [6.07, 6.45) is 6.64. The van der Waals surface area contributed by atoms with Crippen LogP contribution in [0.4, 0.5) is 5.82 Å². The molecule has 134 valence electrons. The first-order chi connectivity index (χ1) is 12.6. The highest BCUT2D eigenvalue weighted by atomic mass is 16.5. The second-order valence-corrected chi connectivity index (χ2v) is 6.09. The summed E-state index contributed by atoms with van der Waals surface area (Å²) in [6, 6.07) is 11.6. The van der Waals surface area contributed by atoms with Crippen molar-refractivity contribution in [2.24, 2.45) is 0 Å². The fourth-order valence-corrected chi connectivity index (χ4v) is 2.63. The first-order valence-corrected chi connectivity index (χ1v) is 8.53. The average Bonchev–Trinajstić information content (AvgIpc) is 3.11. The van der Waals surface area contributed by atoms with Crippen LogP contribution in [0.25, 0.3) is 11.1 Å². The van der Waals surface area contributed by atoms with E-state index in [-0.39, 0.29) is 5.91 Å². The molecule has 0 aliphatic carbocycles. The number of pyridine rings is 1. The lowest BCUT2D eigenvalue weighted by Gasteiger charge is -2.05. The van der Waals surface area contributed by atoms with Crippen molar-refractivity contribution in [2.45, 2.75) is 26.3 Å². The predicted molar refractivity (Wildman–Crippen MR) is 101 cm³/mol. The summed E-state index contributed by atoms with van der Waals surface area (Å²) < 4.78 is 7.03. The number of ether oxygens (including phenoxy) is 1. The number of aryl methyl sites for hydroxylation is 2. The van der Waals surface area contributed by atoms with Gasteiger partial charge in [-0.15, -0.1) is 0 Å². The van der Waals surface area contributed by atoms with E-state index in [2.05, 4.69) is 15.4 Å². The molecule has 1 aromatic carbocycles. The average molecular weight is 350 g/mol. The fourth-order valence-electron chi connectivity index (χ4n) is 2.63. The Morgan fingerprint density at radius 3 is 2.73 bits per heavy atom. The molecule has 0 aliphatic rings. The molecule has 2 aromatic heterocycles. The number of carbonyl (C=O) groups excluding carboxylic acids is 1. The zero-order valence-electron chi connectivity index (χ0n) is 15.0. The van der Waals surface area contributed by atoms with Gasteiger partial charge in [-0.05, 0) is 48.7 Å². The standard InChI is InChI=1S/C20H22N4O2/c1-15-9-10-21-19(12-15)23-20(25)4-3-11-24-14-17(13-22-24)16-5-7-18(26-2)8-6-16/h5-10,12-14H,3-4,11H2,1-2H3,(H,21,23,25). The Bertz CT molecular complexity index is 872. The van der Waals surface area contributed by atoms with Crippen LogP contribution in [-0.2, 0) is 11.3 Å². The highest BCUT2D eigenvalue weighted by Gasteiger charge is 2.06. The van der Waals surface area contributed by atoms with Crippen molar-refractivity contribution in [3.8, 4) is 16.9 Å². The van der Waals surface area contributed by atoms with Gasteiger partial charge in [0.15, 0.2) is 0 Å². The zero-order valence-corrected chi connectivity index (χ0v) is 15.0. The van der Waals surface area contributed by atoms with Crippen LogP contribution in [0.1, 0.15) is 18.4 Å². The zero-order chi connectivity index (χ0) is 18.4. The number of amides is 1. The largest absolute Gasteiger partial charge is 0.497 e. The number of benzene rings is 1. The quantitative estimate of drug-likeness (QED) is 0.706. The molecule has 0 aliphatic heterocycles. The molecule has 0 saturated carbocycles. The fraction of sp³-hybridized carbons (Fsp3) is 0.250. The normalized spacial score (nSPS) is 10.5. The van der Waals surface area contributed by atoms with Gasteiger partial charge in [-0.25, -0.2) is 4.98 Å². The second-order valence-electron chi connectivity index (χ2n) is 6.09. The molecule has 1 N–H and O–H groups in total. The van der Waals surface area contributed by atoms with Crippen LogP contribution in [0.3, 0.4) is 0 Å². The Morgan fingerprint density at radius 1 is 1.19 bits per heavy atom. The van der Waals surface area contributed by atoms with Crippen LogP contribution in [0, 0.1) is 6.92 Å². The molecule has 0 unspecified atom stereocenters. The SMILES string of the molecule is COc1ccc(-c2cnn(CCCC(=O)Nc3cc(C)ccn3)c2)cc1. The van der Waals surface area contributed by atoms with E-state index in [4.69, 9.17) is 4.74 Å². The van der Waals surface area contributed by atoms with Crippen LogP contribution in [0.15, 0.2) is 55.0 Å². The topological polar surface area (TPSA) is 69.0 Å². The minimum Gasteiger partial charge on any atom is -0.497 e. The Kier molecular flexibility index (Phi) is 5.63. The maximum atomic E-state index is 12.0. The van der Waals surface area contributed by atoms with Gasteiger partial charge in [0, 0.05) is 30.9 Å². The number of hydrogen-bond donors (Lipinski definition) is 1. The van der Waals surface area contributed by atoms with Gasteiger partial charge in [-0.3, -0.25) is 9.48 Å². The van der Waals surface area contributed by atoms with Gasteiger partial charge < -0.3 is 10.1 Å². The molecule has 0 radical (unpaired) electrons. The summed E-state index contributed by atoms with van der Waals surface area (Å²) in [7, 11) is 1.65. The van der Waals surface area contributed by atoms with Gasteiger partial charge >= 0.3 is 0 Å². The molecule has 3 aromatic rings. The third-order valence-corrected chi connectivity index (χ3v) is 4.03. The summed E-state index contributed by atoms with van der Waals surface area (Å²) in [5, 5.41) is 7.19. The highest BCUT2D eigenvalue weighted by molar-refractivity contribution is 5.89. The molecule has 26 heavy (non-hydrogen) atoms. The minimum absolute atomic E-state index is 0.0365. The van der Waals surface area contributed by atoms with E-state index in [1.807, 2.05) is 60.4 Å². The lowest BCUT2D eigenvalue weighted by molar-refractivity contribution is -0.116. The van der Waals surface area contributed by atoms with Gasteiger partial charge in [0.2, 0.25) is 5.91 Å². The molecule has 0 saturated heterocycles. The van der Waals surface area contributed by atoms with E-state index < -0.39 is 0 Å². The number of carbonyl (C=O) groups is 1. The maximum Gasteiger partial charge on any atom is 0.225 e. The van der Waals surface area contributed by atoms with E-state index in [1.54, 1.807) is 13.3 Å². The molecule has 0 bridgehead atoms. The molecular weight excluding hydrogens is 328 g/mol. The Labute approximate surface area is 152 Å². The summed E-state index contributed by atoms with van der Waals surface area (Å²) >= 11 is 0. The van der Waals surface area contributed by atoms with Gasteiger partial charge in [-0.2, -0.15) is 5.10 Å². The first-order valence-electron chi connectivity index (χ1n) is 8.53. The van der Waals surface area contributed by atoms with Gasteiger partial charge in [0.1, 0.15) is 11.6 Å². The van der Waals surface area contributed by atoms with E-state index in [1.165, 1.54) is 0 Å². The van der Waals surface area contributed by atoms with Crippen molar-refractivity contribution in [1.82, 2.24) is 14.8 Å². The number of nitrogens with zero attached hydrogens (tertiary/aromatic N) is 3. The van der Waals surface area contributed by atoms with Crippen molar-refractivity contribution in [3.05, 3.63) is 60.6 Å². The first kappa shape index (κ1) is 17.7. The second kappa shape index (κ2) is 8.29. The van der Waals surface area contributed by atoms with Gasteiger partial charge in [0.05, 0.1) is 13.3 Å². The molecular formula is C20H22N4O2. The van der Waals surface area contributed by atoms with Gasteiger partial charge in [-0.1, -0.05) is 12.1 Å². The molecule has 0 fully saturated rings. The third kappa shape index (κ3) is 4.69. The summed E-state index contributed by atoms with van der Waals surface area (Å²) in [6.45, 7) is 2.65. The highest BCUT2D eigenvalue weighted by Crippen LogP contribution is 2.21. The van der Waals surface area contributed by atoms with Crippen LogP contribution < -0.4 is 10.1 Å². The number of nitrogens with one attached hydrogen (secondary N) is 1. The van der Waals surface area contributed by atoms with E-state index in [9.17, 15) is 4.79 Å². The summed E-state index contributed by atoms with van der Waals surface area (Å²) in [5.74, 6) is 1.39. The number of rotatable bonds is 7. The molecule has 1 amide bonds. The summed E-state index contributed by atoms with van der Waals surface area (Å²) in [5.41, 5.74) is 3.19. The van der Waals surface area contributed by atoms with Crippen LogP contribution >= 0.6 is 0 Å². The van der Waals surface area contributed by atoms with Crippen LogP contribution in [0.5, 0.6) is 5.75 Å². The summed E-state index contributed by atoms with van der Waals surface area (Å²) in [4.78, 5) is 16.1. The molecule has 0 atom stereocenters. The van der Waals surface area contributed by atoms with Crippen LogP contribution in [0.2, 0.25) is 0 Å². The lowest BCUT2D eigenvalue weighted by Crippen LogP contribution is -2.13. The smallest absolute Gasteiger partial charge is 0.225 e. The monoisotopic (exact) mass is 350 g/mol. The van der Waals surface area contributed by atoms with Crippen molar-refractivity contribution in [2.75, 3.05) is 12.4 Å². The van der Waals surface area contributed by atoms with Crippen molar-refractivity contribution < 1.29 is 9.53 Å². The van der Waals surface area contributed by atoms with Crippen LogP contribution in [-0.4, -0.2) is 27.8 Å². The van der Waals surface area contributed by atoms with E-state index in [0.29, 0.717) is 25.2 Å². The number of anilines is 1. The number of methoxy groups -OCH3 is 1. The molecule has 6 heteroatoms.